The van der Waals surface area contributed by atoms with Crippen LogP contribution < -0.4 is 5.32 Å². The third-order valence-corrected chi connectivity index (χ3v) is 3.26. The molecule has 0 aromatic heterocycles. The van der Waals surface area contributed by atoms with E-state index in [-0.39, 0.29) is 18.4 Å². The van der Waals surface area contributed by atoms with E-state index in [0.29, 0.717) is 12.0 Å². The largest absolute Gasteiger partial charge is 0.481 e. The van der Waals surface area contributed by atoms with E-state index in [0.717, 1.165) is 4.90 Å². The number of rotatable bonds is 6. The van der Waals surface area contributed by atoms with Crippen LogP contribution in [0.25, 0.3) is 0 Å². The topological polar surface area (TPSA) is 66.4 Å². The molecule has 2 N–H and O–H groups in total. The van der Waals surface area contributed by atoms with E-state index in [9.17, 15) is 9.59 Å². The Balaban J connectivity index is 2.50. The lowest BCUT2D eigenvalue weighted by molar-refractivity contribution is -0.137. The average Bonchev–Trinajstić information content (AvgIpc) is 2.36. The minimum atomic E-state index is -0.847. The summed E-state index contributed by atoms with van der Waals surface area (Å²) in [5, 5.41) is 11.3. The van der Waals surface area contributed by atoms with Crippen LogP contribution in [0.1, 0.15) is 30.1 Å². The van der Waals surface area contributed by atoms with Gasteiger partial charge in [-0.25, -0.2) is 0 Å². The normalized spacial score (nSPS) is 11.9. The number of carboxylic acids is 1. The molecule has 0 radical (unpaired) electrons. The summed E-state index contributed by atoms with van der Waals surface area (Å²) in [6, 6.07) is 7.17. The number of hydrogen-bond donors (Lipinski definition) is 2. The second kappa shape index (κ2) is 7.06. The van der Waals surface area contributed by atoms with Gasteiger partial charge in [0.05, 0.1) is 0 Å². The minimum absolute atomic E-state index is 0.0624. The molecule has 0 aliphatic carbocycles. The van der Waals surface area contributed by atoms with E-state index in [4.69, 9.17) is 5.11 Å². The molecule has 5 heteroatoms. The van der Waals surface area contributed by atoms with Crippen LogP contribution in [0.4, 0.5) is 0 Å². The Morgan fingerprint density at radius 3 is 2.44 bits per heavy atom. The van der Waals surface area contributed by atoms with Crippen LogP contribution in [0.3, 0.4) is 0 Å². The van der Waals surface area contributed by atoms with Crippen molar-refractivity contribution in [3.8, 4) is 0 Å². The summed E-state index contributed by atoms with van der Waals surface area (Å²) in [6.45, 7) is 1.80. The van der Waals surface area contributed by atoms with Crippen LogP contribution in [0.15, 0.2) is 29.2 Å². The Morgan fingerprint density at radius 1 is 1.33 bits per heavy atom. The number of carbonyl (C=O) groups is 2. The Kier molecular flexibility index (Phi) is 5.71. The molecule has 18 heavy (non-hydrogen) atoms. The fourth-order valence-electron chi connectivity index (χ4n) is 1.46. The zero-order valence-electron chi connectivity index (χ0n) is 10.5. The van der Waals surface area contributed by atoms with Crippen molar-refractivity contribution in [3.05, 3.63) is 29.8 Å². The van der Waals surface area contributed by atoms with Crippen LogP contribution in [-0.4, -0.2) is 29.3 Å². The second-order valence-corrected chi connectivity index (χ2v) is 4.92. The van der Waals surface area contributed by atoms with Gasteiger partial charge >= 0.3 is 5.97 Å². The molecule has 0 bridgehead atoms. The minimum Gasteiger partial charge on any atom is -0.481 e. The first kappa shape index (κ1) is 14.6. The van der Waals surface area contributed by atoms with Crippen molar-refractivity contribution in [2.75, 3.05) is 6.26 Å². The number of carbonyl (C=O) groups excluding carboxylic acids is 1. The summed E-state index contributed by atoms with van der Waals surface area (Å²) in [5.41, 5.74) is 0.593. The number of aliphatic carboxylic acids is 1. The van der Waals surface area contributed by atoms with Gasteiger partial charge in [0.15, 0.2) is 0 Å². The Morgan fingerprint density at radius 2 is 1.94 bits per heavy atom. The summed E-state index contributed by atoms with van der Waals surface area (Å²) < 4.78 is 0. The van der Waals surface area contributed by atoms with Gasteiger partial charge in [-0.3, -0.25) is 9.59 Å². The van der Waals surface area contributed by atoms with Gasteiger partial charge in [-0.15, -0.1) is 11.8 Å². The van der Waals surface area contributed by atoms with Crippen molar-refractivity contribution >= 4 is 23.6 Å². The van der Waals surface area contributed by atoms with E-state index < -0.39 is 5.97 Å². The number of hydrogen-bond acceptors (Lipinski definition) is 3. The number of amides is 1. The third kappa shape index (κ3) is 4.79. The lowest BCUT2D eigenvalue weighted by atomic mass is 10.1. The summed E-state index contributed by atoms with van der Waals surface area (Å²) in [5.74, 6) is -1.01. The van der Waals surface area contributed by atoms with Crippen LogP contribution in [0.5, 0.6) is 0 Å². The molecular weight excluding hydrogens is 250 g/mol. The van der Waals surface area contributed by atoms with E-state index >= 15 is 0 Å². The number of nitrogens with one attached hydrogen (secondary N) is 1. The molecule has 0 saturated heterocycles. The van der Waals surface area contributed by atoms with E-state index in [2.05, 4.69) is 5.32 Å². The number of carboxylic acid groups (broad SMARTS) is 1. The first-order chi connectivity index (χ1) is 8.52. The Labute approximate surface area is 111 Å². The van der Waals surface area contributed by atoms with E-state index in [1.165, 1.54) is 0 Å². The Hall–Kier alpha value is -1.49. The molecule has 1 rings (SSSR count). The molecule has 98 valence electrons. The molecule has 0 fully saturated rings. The van der Waals surface area contributed by atoms with Crippen molar-refractivity contribution in [1.29, 1.82) is 0 Å². The molecule has 4 nitrogen and oxygen atoms in total. The maximum Gasteiger partial charge on any atom is 0.303 e. The molecule has 1 amide bonds. The molecule has 1 unspecified atom stereocenters. The van der Waals surface area contributed by atoms with Crippen molar-refractivity contribution in [2.45, 2.75) is 30.7 Å². The first-order valence-corrected chi connectivity index (χ1v) is 6.92. The van der Waals surface area contributed by atoms with Gasteiger partial charge in [0.25, 0.3) is 5.91 Å². The van der Waals surface area contributed by atoms with Crippen LogP contribution in [0, 0.1) is 0 Å². The lowest BCUT2D eigenvalue weighted by Gasteiger charge is -2.12. The van der Waals surface area contributed by atoms with Crippen LogP contribution in [-0.2, 0) is 4.79 Å². The van der Waals surface area contributed by atoms with Gasteiger partial charge in [-0.1, -0.05) is 0 Å². The van der Waals surface area contributed by atoms with Gasteiger partial charge in [0.1, 0.15) is 0 Å². The smallest absolute Gasteiger partial charge is 0.303 e. The fourth-order valence-corrected chi connectivity index (χ4v) is 1.87. The fraction of sp³-hybridized carbons (Fsp3) is 0.385. The zero-order valence-corrected chi connectivity index (χ0v) is 11.3. The van der Waals surface area contributed by atoms with Crippen molar-refractivity contribution in [2.24, 2.45) is 0 Å². The summed E-state index contributed by atoms with van der Waals surface area (Å²) in [6.07, 6.45) is 2.47. The van der Waals surface area contributed by atoms with Crippen molar-refractivity contribution in [3.63, 3.8) is 0 Å². The van der Waals surface area contributed by atoms with Gasteiger partial charge in [-0.2, -0.15) is 0 Å². The quantitative estimate of drug-likeness (QED) is 0.777. The van der Waals surface area contributed by atoms with Gasteiger partial charge < -0.3 is 10.4 Å². The van der Waals surface area contributed by atoms with Crippen molar-refractivity contribution < 1.29 is 14.7 Å². The molecule has 0 aliphatic rings. The average molecular weight is 267 g/mol. The maximum absolute atomic E-state index is 11.8. The molecule has 0 spiro atoms. The highest BCUT2D eigenvalue weighted by atomic mass is 32.2. The molecule has 1 atom stereocenters. The van der Waals surface area contributed by atoms with Crippen LogP contribution >= 0.6 is 11.8 Å². The predicted molar refractivity (Wildman–Crippen MR) is 72.0 cm³/mol. The summed E-state index contributed by atoms with van der Waals surface area (Å²) in [4.78, 5) is 23.4. The standard InChI is InChI=1S/C13H17NO3S/c1-9(3-8-12(15)16)14-13(17)10-4-6-11(18-2)7-5-10/h4-7,9H,3,8H2,1-2H3,(H,14,17)(H,15,16). The highest BCUT2D eigenvalue weighted by Gasteiger charge is 2.10. The lowest BCUT2D eigenvalue weighted by Crippen LogP contribution is -2.32. The highest BCUT2D eigenvalue weighted by Crippen LogP contribution is 2.14. The maximum atomic E-state index is 11.8. The first-order valence-electron chi connectivity index (χ1n) is 5.69. The van der Waals surface area contributed by atoms with Gasteiger partial charge in [-0.05, 0) is 43.9 Å². The van der Waals surface area contributed by atoms with Gasteiger partial charge in [0.2, 0.25) is 0 Å². The van der Waals surface area contributed by atoms with E-state index in [1.807, 2.05) is 18.4 Å². The van der Waals surface area contributed by atoms with Crippen LogP contribution in [0.2, 0.25) is 0 Å². The Bertz CT molecular complexity index is 417. The SMILES string of the molecule is CSc1ccc(C(=O)NC(C)CCC(=O)O)cc1. The molecule has 0 heterocycles. The van der Waals surface area contributed by atoms with E-state index in [1.54, 1.807) is 30.8 Å². The monoisotopic (exact) mass is 267 g/mol. The van der Waals surface area contributed by atoms with Gasteiger partial charge in [0, 0.05) is 22.9 Å². The summed E-state index contributed by atoms with van der Waals surface area (Å²) in [7, 11) is 0. The molecule has 0 saturated carbocycles. The zero-order chi connectivity index (χ0) is 13.5. The van der Waals surface area contributed by atoms with Crippen molar-refractivity contribution in [1.82, 2.24) is 5.32 Å². The molecule has 1 aromatic carbocycles. The molecule has 0 aliphatic heterocycles. The molecular formula is C13H17NO3S. The number of thioether (sulfide) groups is 1. The second-order valence-electron chi connectivity index (χ2n) is 4.04. The molecule has 1 aromatic rings. The highest BCUT2D eigenvalue weighted by molar-refractivity contribution is 7.98. The number of benzene rings is 1. The third-order valence-electron chi connectivity index (χ3n) is 2.52. The predicted octanol–water partition coefficient (Wildman–Crippen LogP) is 2.39. The summed E-state index contributed by atoms with van der Waals surface area (Å²) >= 11 is 1.62.